The van der Waals surface area contributed by atoms with Gasteiger partial charge in [0.15, 0.2) is 17.0 Å². The van der Waals surface area contributed by atoms with Gasteiger partial charge in [0.05, 0.1) is 13.0 Å². The number of hydrogen-bond acceptors (Lipinski definition) is 5. The van der Waals surface area contributed by atoms with Crippen LogP contribution in [0.1, 0.15) is 20.8 Å². The Morgan fingerprint density at radius 1 is 1.25 bits per heavy atom. The van der Waals surface area contributed by atoms with Crippen LogP contribution in [-0.4, -0.2) is 50.5 Å². The lowest BCUT2D eigenvalue weighted by Crippen LogP contribution is -2.26. The second-order valence-corrected chi connectivity index (χ2v) is 4.61. The van der Waals surface area contributed by atoms with Crippen LogP contribution in [0.4, 0.5) is 5.82 Å². The summed E-state index contributed by atoms with van der Waals surface area (Å²) < 4.78 is 1.85. The van der Waals surface area contributed by atoms with Gasteiger partial charge >= 0.3 is 0 Å². The van der Waals surface area contributed by atoms with E-state index in [1.54, 1.807) is 24.6 Å². The number of amides is 1. The van der Waals surface area contributed by atoms with Gasteiger partial charge in [0.1, 0.15) is 6.33 Å². The van der Waals surface area contributed by atoms with Crippen molar-refractivity contribution < 1.29 is 4.79 Å². The van der Waals surface area contributed by atoms with Crippen LogP contribution in [0.3, 0.4) is 0 Å². The van der Waals surface area contributed by atoms with Crippen LogP contribution >= 0.6 is 0 Å². The van der Waals surface area contributed by atoms with Crippen molar-refractivity contribution >= 4 is 22.9 Å². The normalized spacial score (nSPS) is 10.8. The lowest BCUT2D eigenvalue weighted by Gasteiger charge is -2.19. The minimum absolute atomic E-state index is 0.00451. The van der Waals surface area contributed by atoms with Crippen molar-refractivity contribution in [2.75, 3.05) is 25.0 Å². The second kappa shape index (κ2) is 5.85. The van der Waals surface area contributed by atoms with Gasteiger partial charge in [0, 0.05) is 27.1 Å². The van der Waals surface area contributed by atoms with Crippen LogP contribution in [0.15, 0.2) is 12.7 Å². The van der Waals surface area contributed by atoms with Gasteiger partial charge < -0.3 is 9.80 Å². The van der Waals surface area contributed by atoms with E-state index in [-0.39, 0.29) is 5.91 Å². The number of aromatic nitrogens is 4. The number of anilines is 1. The van der Waals surface area contributed by atoms with Gasteiger partial charge in [-0.15, -0.1) is 0 Å². The highest BCUT2D eigenvalue weighted by Gasteiger charge is 2.15. The topological polar surface area (TPSA) is 67.2 Å². The van der Waals surface area contributed by atoms with E-state index >= 15 is 0 Å². The Morgan fingerprint density at radius 3 is 2.55 bits per heavy atom. The van der Waals surface area contributed by atoms with Gasteiger partial charge in [0.2, 0.25) is 5.91 Å². The summed E-state index contributed by atoms with van der Waals surface area (Å²) in [4.78, 5) is 28.1. The van der Waals surface area contributed by atoms with Gasteiger partial charge in [-0.1, -0.05) is 0 Å². The molecule has 0 fully saturated rings. The summed E-state index contributed by atoms with van der Waals surface area (Å²) in [5.74, 6) is 0.842. The first kappa shape index (κ1) is 14.2. The fraction of sp³-hybridized carbons (Fsp3) is 0.538. The molecule has 7 nitrogen and oxygen atoms in total. The minimum atomic E-state index is 0.00451. The first-order valence-electron chi connectivity index (χ1n) is 6.70. The van der Waals surface area contributed by atoms with E-state index in [4.69, 9.17) is 0 Å². The first-order chi connectivity index (χ1) is 9.58. The molecule has 0 N–H and O–H groups in total. The van der Waals surface area contributed by atoms with Crippen molar-refractivity contribution in [2.24, 2.45) is 0 Å². The summed E-state index contributed by atoms with van der Waals surface area (Å²) in [6, 6.07) is 0. The molecule has 108 valence electrons. The third kappa shape index (κ3) is 2.56. The lowest BCUT2D eigenvalue weighted by atomic mass is 10.4. The molecule has 2 aromatic rings. The summed E-state index contributed by atoms with van der Waals surface area (Å²) in [5, 5.41) is 0. The number of rotatable bonds is 5. The van der Waals surface area contributed by atoms with Crippen molar-refractivity contribution in [1.82, 2.24) is 24.4 Å². The molecule has 0 radical (unpaired) electrons. The molecule has 2 aromatic heterocycles. The summed E-state index contributed by atoms with van der Waals surface area (Å²) in [6.07, 6.45) is 3.24. The van der Waals surface area contributed by atoms with Gasteiger partial charge in [0.25, 0.3) is 0 Å². The standard InChI is InChI=1S/C13H20N6O/c1-5-18(6-2)12-11-13(15-7-14-12)19(8-16-11)9-17(4)10(3)20/h7-8H,5-6,9H2,1-4H3. The molecule has 0 aromatic carbocycles. The van der Waals surface area contributed by atoms with E-state index in [1.165, 1.54) is 6.92 Å². The fourth-order valence-electron chi connectivity index (χ4n) is 2.05. The Balaban J connectivity index is 2.41. The molecule has 0 aliphatic carbocycles. The molecule has 0 saturated heterocycles. The number of imidazole rings is 1. The quantitative estimate of drug-likeness (QED) is 0.818. The summed E-state index contributed by atoms with van der Waals surface area (Å²) in [7, 11) is 1.75. The Labute approximate surface area is 118 Å². The monoisotopic (exact) mass is 276 g/mol. The zero-order chi connectivity index (χ0) is 14.7. The first-order valence-corrected chi connectivity index (χ1v) is 6.70. The smallest absolute Gasteiger partial charge is 0.220 e. The Morgan fingerprint density at radius 2 is 1.95 bits per heavy atom. The molecule has 0 spiro atoms. The predicted molar refractivity (Wildman–Crippen MR) is 77.3 cm³/mol. The number of fused-ring (bicyclic) bond motifs is 1. The SMILES string of the molecule is CCN(CC)c1ncnc2c1ncn2CN(C)C(C)=O. The van der Waals surface area contributed by atoms with Crippen molar-refractivity contribution in [3.05, 3.63) is 12.7 Å². The maximum Gasteiger partial charge on any atom is 0.220 e. The number of nitrogens with zero attached hydrogens (tertiary/aromatic N) is 6. The predicted octanol–water partition coefficient (Wildman–Crippen LogP) is 1.11. The van der Waals surface area contributed by atoms with Crippen molar-refractivity contribution in [1.29, 1.82) is 0 Å². The maximum absolute atomic E-state index is 11.3. The average molecular weight is 276 g/mol. The molecular weight excluding hydrogens is 256 g/mol. The van der Waals surface area contributed by atoms with E-state index in [2.05, 4.69) is 33.7 Å². The summed E-state index contributed by atoms with van der Waals surface area (Å²) in [5.41, 5.74) is 1.52. The van der Waals surface area contributed by atoms with Crippen LogP contribution in [-0.2, 0) is 11.5 Å². The average Bonchev–Trinajstić information content (AvgIpc) is 2.84. The minimum Gasteiger partial charge on any atom is -0.355 e. The Hall–Kier alpha value is -2.18. The third-order valence-electron chi connectivity index (χ3n) is 3.35. The molecular formula is C13H20N6O. The molecule has 2 rings (SSSR count). The van der Waals surface area contributed by atoms with Crippen LogP contribution < -0.4 is 4.90 Å². The third-order valence-corrected chi connectivity index (χ3v) is 3.35. The van der Waals surface area contributed by atoms with Crippen LogP contribution in [0.2, 0.25) is 0 Å². The fourth-order valence-corrected chi connectivity index (χ4v) is 2.05. The molecule has 2 heterocycles. The lowest BCUT2D eigenvalue weighted by molar-refractivity contribution is -0.128. The van der Waals surface area contributed by atoms with E-state index in [0.29, 0.717) is 6.67 Å². The molecule has 7 heteroatoms. The zero-order valence-corrected chi connectivity index (χ0v) is 12.4. The van der Waals surface area contributed by atoms with E-state index < -0.39 is 0 Å². The molecule has 20 heavy (non-hydrogen) atoms. The van der Waals surface area contributed by atoms with E-state index in [0.717, 1.165) is 30.1 Å². The molecule has 0 atom stereocenters. The zero-order valence-electron chi connectivity index (χ0n) is 12.4. The summed E-state index contributed by atoms with van der Waals surface area (Å²) >= 11 is 0. The highest BCUT2D eigenvalue weighted by molar-refractivity contribution is 5.83. The van der Waals surface area contributed by atoms with Gasteiger partial charge in [-0.25, -0.2) is 15.0 Å². The molecule has 1 amide bonds. The largest absolute Gasteiger partial charge is 0.355 e. The van der Waals surface area contributed by atoms with Crippen molar-refractivity contribution in [3.8, 4) is 0 Å². The molecule has 0 saturated carbocycles. The summed E-state index contributed by atoms with van der Waals surface area (Å²) in [6.45, 7) is 7.86. The highest BCUT2D eigenvalue weighted by atomic mass is 16.2. The molecule has 0 aliphatic rings. The Bertz CT molecular complexity index is 604. The van der Waals surface area contributed by atoms with E-state index in [1.807, 2.05) is 4.57 Å². The van der Waals surface area contributed by atoms with Crippen molar-refractivity contribution in [3.63, 3.8) is 0 Å². The second-order valence-electron chi connectivity index (χ2n) is 4.61. The number of carbonyl (C=O) groups is 1. The molecule has 0 bridgehead atoms. The van der Waals surface area contributed by atoms with E-state index in [9.17, 15) is 4.79 Å². The Kier molecular flexibility index (Phi) is 4.16. The van der Waals surface area contributed by atoms with Gasteiger partial charge in [-0.05, 0) is 13.8 Å². The molecule has 0 unspecified atom stereocenters. The maximum atomic E-state index is 11.3. The van der Waals surface area contributed by atoms with Crippen molar-refractivity contribution in [2.45, 2.75) is 27.4 Å². The van der Waals surface area contributed by atoms with Crippen LogP contribution in [0, 0.1) is 0 Å². The highest BCUT2D eigenvalue weighted by Crippen LogP contribution is 2.21. The van der Waals surface area contributed by atoms with Crippen LogP contribution in [0.25, 0.3) is 11.2 Å². The van der Waals surface area contributed by atoms with Crippen LogP contribution in [0.5, 0.6) is 0 Å². The number of hydrogen-bond donors (Lipinski definition) is 0. The van der Waals surface area contributed by atoms with Gasteiger partial charge in [-0.2, -0.15) is 0 Å². The van der Waals surface area contributed by atoms with Gasteiger partial charge in [-0.3, -0.25) is 9.36 Å². The molecule has 0 aliphatic heterocycles. The number of carbonyl (C=O) groups excluding carboxylic acids is 1.